The van der Waals surface area contributed by atoms with Crippen molar-refractivity contribution in [3.05, 3.63) is 71.8 Å². The van der Waals surface area contributed by atoms with Crippen LogP contribution >= 0.6 is 0 Å². The first kappa shape index (κ1) is 25.2. The zero-order valence-corrected chi connectivity index (χ0v) is 20.0. The molecule has 0 aromatic heterocycles. The molecule has 0 unspecified atom stereocenters. The monoisotopic (exact) mass is 467 g/mol. The lowest BCUT2D eigenvalue weighted by Gasteiger charge is -2.36. The van der Waals surface area contributed by atoms with Crippen molar-refractivity contribution in [2.75, 3.05) is 26.2 Å². The van der Waals surface area contributed by atoms with E-state index in [0.29, 0.717) is 26.2 Å². The van der Waals surface area contributed by atoms with E-state index >= 15 is 0 Å². The summed E-state index contributed by atoms with van der Waals surface area (Å²) < 4.78 is 11.1. The Hall–Kier alpha value is -3.39. The van der Waals surface area contributed by atoms with Crippen LogP contribution in [0.15, 0.2) is 60.7 Å². The second-order valence-electron chi connectivity index (χ2n) is 9.17. The highest BCUT2D eigenvalue weighted by Crippen LogP contribution is 2.19. The van der Waals surface area contributed by atoms with Crippen LogP contribution in [0.5, 0.6) is 0 Å². The Balaban J connectivity index is 1.91. The minimum atomic E-state index is -1.18. The smallest absolute Gasteiger partial charge is 0.419 e. The molecule has 1 fully saturated rings. The fraction of sp³-hybridized carbons (Fsp3) is 0.423. The van der Waals surface area contributed by atoms with Gasteiger partial charge in [-0.1, -0.05) is 60.7 Å². The number of amides is 3. The molecule has 0 aliphatic carbocycles. The Labute approximate surface area is 200 Å². The predicted molar refractivity (Wildman–Crippen MR) is 128 cm³/mol. The molecule has 2 aromatic rings. The Kier molecular flexibility index (Phi) is 8.65. The Morgan fingerprint density at radius 3 is 2.06 bits per heavy atom. The zero-order valence-electron chi connectivity index (χ0n) is 20.0. The minimum absolute atomic E-state index is 0.0367. The quantitative estimate of drug-likeness (QED) is 0.653. The molecule has 1 aliphatic rings. The van der Waals surface area contributed by atoms with Gasteiger partial charge in [0, 0.05) is 32.6 Å². The van der Waals surface area contributed by atoms with Crippen molar-refractivity contribution < 1.29 is 23.9 Å². The van der Waals surface area contributed by atoms with E-state index in [1.54, 1.807) is 25.7 Å². The summed E-state index contributed by atoms with van der Waals surface area (Å²) in [6.07, 6.45) is -0.750. The van der Waals surface area contributed by atoms with E-state index in [1.165, 1.54) is 0 Å². The van der Waals surface area contributed by atoms with Crippen LogP contribution in [0.1, 0.15) is 31.9 Å². The van der Waals surface area contributed by atoms with E-state index in [2.05, 4.69) is 5.32 Å². The van der Waals surface area contributed by atoms with Crippen molar-refractivity contribution in [2.45, 2.75) is 45.4 Å². The predicted octanol–water partition coefficient (Wildman–Crippen LogP) is 3.60. The summed E-state index contributed by atoms with van der Waals surface area (Å²) in [5.74, 6) is -0.665. The second-order valence-corrected chi connectivity index (χ2v) is 9.17. The molecule has 0 spiro atoms. The molecule has 34 heavy (non-hydrogen) atoms. The lowest BCUT2D eigenvalue weighted by atomic mass is 10.0. The van der Waals surface area contributed by atoms with Crippen LogP contribution in [0.25, 0.3) is 0 Å². The summed E-state index contributed by atoms with van der Waals surface area (Å²) in [4.78, 5) is 42.7. The van der Waals surface area contributed by atoms with E-state index in [4.69, 9.17) is 9.47 Å². The Bertz CT molecular complexity index is 953. The molecule has 3 rings (SSSR count). The van der Waals surface area contributed by atoms with Crippen LogP contribution in [0.3, 0.4) is 0 Å². The molecule has 1 aliphatic heterocycles. The zero-order chi connectivity index (χ0) is 24.6. The molecule has 1 N–H and O–H groups in total. The van der Waals surface area contributed by atoms with Gasteiger partial charge in [0.2, 0.25) is 0 Å². The third-order valence-electron chi connectivity index (χ3n) is 5.26. The number of esters is 1. The summed E-state index contributed by atoms with van der Waals surface area (Å²) in [5.41, 5.74) is 0.766. The summed E-state index contributed by atoms with van der Waals surface area (Å²) in [6, 6.07) is 16.8. The maximum atomic E-state index is 13.6. The van der Waals surface area contributed by atoms with Crippen molar-refractivity contribution in [1.82, 2.24) is 15.1 Å². The van der Waals surface area contributed by atoms with Gasteiger partial charge in [-0.15, -0.1) is 0 Å². The van der Waals surface area contributed by atoms with Gasteiger partial charge in [-0.2, -0.15) is 0 Å². The number of rotatable bonds is 6. The number of carbonyl (C=O) groups is 3. The number of carbonyl (C=O) groups excluding carboxylic acids is 3. The number of ether oxygens (including phenoxy) is 2. The summed E-state index contributed by atoms with van der Waals surface area (Å²) >= 11 is 0. The highest BCUT2D eigenvalue weighted by molar-refractivity contribution is 5.96. The van der Waals surface area contributed by atoms with Crippen molar-refractivity contribution in [1.29, 1.82) is 0 Å². The van der Waals surface area contributed by atoms with Crippen LogP contribution in [-0.2, 0) is 27.3 Å². The second kappa shape index (κ2) is 11.7. The van der Waals surface area contributed by atoms with Crippen molar-refractivity contribution in [3.8, 4) is 0 Å². The number of hydrogen-bond donors (Lipinski definition) is 1. The highest BCUT2D eigenvalue weighted by atomic mass is 16.6. The summed E-state index contributed by atoms with van der Waals surface area (Å²) in [7, 11) is 0. The molecule has 0 bridgehead atoms. The molecule has 1 atom stereocenters. The van der Waals surface area contributed by atoms with Gasteiger partial charge < -0.3 is 19.7 Å². The Morgan fingerprint density at radius 2 is 1.50 bits per heavy atom. The molecule has 3 amide bonds. The third kappa shape index (κ3) is 7.31. The standard InChI is InChI=1S/C26H33N3O5/c1-26(2,3)34-25(32)29(24(31)28-16-14-27-15-17-28)22(18-20-10-6-4-7-11-20)23(30)33-19-21-12-8-5-9-13-21/h4-13,22,27H,14-19H2,1-3H3/t22-/m0/s1. The molecular weight excluding hydrogens is 434 g/mol. The maximum Gasteiger partial charge on any atom is 0.419 e. The number of imide groups is 1. The van der Waals surface area contributed by atoms with Gasteiger partial charge in [0.1, 0.15) is 18.2 Å². The highest BCUT2D eigenvalue weighted by Gasteiger charge is 2.41. The molecule has 182 valence electrons. The number of benzene rings is 2. The SMILES string of the molecule is CC(C)(C)OC(=O)N(C(=O)N1CCNCC1)[C@@H](Cc1ccccc1)C(=O)OCc1ccccc1. The molecule has 1 heterocycles. The fourth-order valence-electron chi connectivity index (χ4n) is 3.60. The summed E-state index contributed by atoms with van der Waals surface area (Å²) in [5, 5.41) is 3.19. The summed E-state index contributed by atoms with van der Waals surface area (Å²) in [6.45, 7) is 7.26. The van der Waals surface area contributed by atoms with Gasteiger partial charge in [-0.3, -0.25) is 0 Å². The van der Waals surface area contributed by atoms with Crippen molar-refractivity contribution in [2.24, 2.45) is 0 Å². The third-order valence-corrected chi connectivity index (χ3v) is 5.26. The van der Waals surface area contributed by atoms with Crippen LogP contribution < -0.4 is 5.32 Å². The minimum Gasteiger partial charge on any atom is -0.459 e. The average Bonchev–Trinajstić information content (AvgIpc) is 2.83. The topological polar surface area (TPSA) is 88.2 Å². The molecule has 1 saturated heterocycles. The van der Waals surface area contributed by atoms with Crippen LogP contribution in [-0.4, -0.2) is 65.7 Å². The number of hydrogen-bond acceptors (Lipinski definition) is 6. The van der Waals surface area contributed by atoms with Gasteiger partial charge in [0.25, 0.3) is 0 Å². The molecule has 8 nitrogen and oxygen atoms in total. The van der Waals surface area contributed by atoms with Gasteiger partial charge in [-0.25, -0.2) is 19.3 Å². The van der Waals surface area contributed by atoms with Crippen molar-refractivity contribution >= 4 is 18.1 Å². The number of nitrogens with zero attached hydrogens (tertiary/aromatic N) is 2. The van der Waals surface area contributed by atoms with Crippen LogP contribution in [0.2, 0.25) is 0 Å². The normalized spacial score (nSPS) is 14.7. The first-order valence-electron chi connectivity index (χ1n) is 11.5. The maximum absolute atomic E-state index is 13.6. The van der Waals surface area contributed by atoms with Crippen LogP contribution in [0, 0.1) is 0 Å². The van der Waals surface area contributed by atoms with Gasteiger partial charge in [-0.05, 0) is 31.9 Å². The lowest BCUT2D eigenvalue weighted by Crippen LogP contribution is -2.58. The number of urea groups is 1. The van der Waals surface area contributed by atoms with Gasteiger partial charge in [0.05, 0.1) is 0 Å². The van der Waals surface area contributed by atoms with E-state index in [-0.39, 0.29) is 13.0 Å². The van der Waals surface area contributed by atoms with E-state index in [9.17, 15) is 14.4 Å². The number of piperazine rings is 1. The largest absolute Gasteiger partial charge is 0.459 e. The lowest BCUT2D eigenvalue weighted by molar-refractivity contribution is -0.150. The molecule has 0 radical (unpaired) electrons. The van der Waals surface area contributed by atoms with E-state index in [1.807, 2.05) is 60.7 Å². The molecule has 8 heteroatoms. The van der Waals surface area contributed by atoms with Gasteiger partial charge >= 0.3 is 18.1 Å². The van der Waals surface area contributed by atoms with Crippen molar-refractivity contribution in [3.63, 3.8) is 0 Å². The molecule has 0 saturated carbocycles. The Morgan fingerprint density at radius 1 is 0.941 bits per heavy atom. The fourth-order valence-corrected chi connectivity index (χ4v) is 3.60. The molecule has 2 aromatic carbocycles. The van der Waals surface area contributed by atoms with E-state index < -0.39 is 29.7 Å². The number of nitrogens with one attached hydrogen (secondary N) is 1. The van der Waals surface area contributed by atoms with Gasteiger partial charge in [0.15, 0.2) is 0 Å². The molecular formula is C26H33N3O5. The first-order chi connectivity index (χ1) is 16.2. The van der Waals surface area contributed by atoms with E-state index in [0.717, 1.165) is 16.0 Å². The average molecular weight is 468 g/mol. The van der Waals surface area contributed by atoms with Crippen LogP contribution in [0.4, 0.5) is 9.59 Å². The first-order valence-corrected chi connectivity index (χ1v) is 11.5.